The Morgan fingerprint density at radius 1 is 1.07 bits per heavy atom. The number of carbonyl (C=O) groups excluding carboxylic acids is 2. The lowest BCUT2D eigenvalue weighted by Gasteiger charge is -2.18. The fourth-order valence-electron chi connectivity index (χ4n) is 3.07. The molecule has 3 rings (SSSR count). The van der Waals surface area contributed by atoms with Crippen molar-refractivity contribution in [3.8, 4) is 0 Å². The molecule has 3 aromatic rings. The van der Waals surface area contributed by atoms with Gasteiger partial charge in [0.15, 0.2) is 6.10 Å². The molecule has 6 nitrogen and oxygen atoms in total. The summed E-state index contributed by atoms with van der Waals surface area (Å²) in [6.07, 6.45) is -0.182. The van der Waals surface area contributed by atoms with E-state index >= 15 is 0 Å². The zero-order chi connectivity index (χ0) is 20.8. The zero-order valence-electron chi connectivity index (χ0n) is 16.4. The van der Waals surface area contributed by atoms with Gasteiger partial charge in [-0.05, 0) is 31.0 Å². The summed E-state index contributed by atoms with van der Waals surface area (Å²) in [5.41, 5.74) is 0.482. The predicted octanol–water partition coefficient (Wildman–Crippen LogP) is 3.65. The molecule has 2 atom stereocenters. The van der Waals surface area contributed by atoms with Crippen LogP contribution >= 0.6 is 0 Å². The first-order valence-electron chi connectivity index (χ1n) is 9.56. The van der Waals surface area contributed by atoms with E-state index in [9.17, 15) is 14.4 Å². The number of esters is 1. The molecule has 150 valence electrons. The highest BCUT2D eigenvalue weighted by molar-refractivity contribution is 5.94. The van der Waals surface area contributed by atoms with E-state index in [1.54, 1.807) is 24.3 Å². The summed E-state index contributed by atoms with van der Waals surface area (Å²) in [6, 6.07) is 18.2. The summed E-state index contributed by atoms with van der Waals surface area (Å²) in [6.45, 7) is 3.95. The second kappa shape index (κ2) is 9.19. The Morgan fingerprint density at radius 3 is 2.48 bits per heavy atom. The van der Waals surface area contributed by atoms with Gasteiger partial charge in [0.05, 0.1) is 0 Å². The van der Waals surface area contributed by atoms with Crippen molar-refractivity contribution in [1.29, 1.82) is 0 Å². The Bertz CT molecular complexity index is 1060. The lowest BCUT2D eigenvalue weighted by atomic mass is 9.96. The Kier molecular flexibility index (Phi) is 6.44. The van der Waals surface area contributed by atoms with Crippen molar-refractivity contribution in [2.45, 2.75) is 32.3 Å². The van der Waals surface area contributed by atoms with Crippen LogP contribution in [-0.2, 0) is 9.53 Å². The van der Waals surface area contributed by atoms with Crippen LogP contribution in [0.15, 0.2) is 69.9 Å². The molecule has 0 aliphatic carbocycles. The number of nitrogens with one attached hydrogen (secondary N) is 1. The molecule has 0 saturated carbocycles. The maximum Gasteiger partial charge on any atom is 0.351 e. The number of rotatable bonds is 7. The first kappa shape index (κ1) is 20.3. The summed E-state index contributed by atoms with van der Waals surface area (Å²) in [7, 11) is 0. The third-order valence-corrected chi connectivity index (χ3v) is 4.80. The molecule has 1 amide bonds. The summed E-state index contributed by atoms with van der Waals surface area (Å²) < 4.78 is 10.3. The topological polar surface area (TPSA) is 85.6 Å². The quantitative estimate of drug-likeness (QED) is 0.489. The first-order valence-corrected chi connectivity index (χ1v) is 9.56. The van der Waals surface area contributed by atoms with Gasteiger partial charge in [-0.25, -0.2) is 9.59 Å². The van der Waals surface area contributed by atoms with Gasteiger partial charge in [0.25, 0.3) is 5.91 Å². The first-order chi connectivity index (χ1) is 14.0. The monoisotopic (exact) mass is 393 g/mol. The van der Waals surface area contributed by atoms with Gasteiger partial charge < -0.3 is 14.5 Å². The van der Waals surface area contributed by atoms with Crippen molar-refractivity contribution >= 4 is 22.8 Å². The van der Waals surface area contributed by atoms with Gasteiger partial charge in [-0.3, -0.25) is 4.79 Å². The summed E-state index contributed by atoms with van der Waals surface area (Å²) >= 11 is 0. The summed E-state index contributed by atoms with van der Waals surface area (Å²) in [5, 5.41) is 3.42. The second-order valence-electron chi connectivity index (χ2n) is 6.79. The van der Waals surface area contributed by atoms with Gasteiger partial charge in [0.2, 0.25) is 0 Å². The molecule has 1 heterocycles. The van der Waals surface area contributed by atoms with Crippen LogP contribution in [0.3, 0.4) is 0 Å². The van der Waals surface area contributed by atoms with Gasteiger partial charge in [0, 0.05) is 17.8 Å². The number of carbonyl (C=O) groups is 2. The third kappa shape index (κ3) is 4.90. The fourth-order valence-corrected chi connectivity index (χ4v) is 3.07. The number of ether oxygens (including phenoxy) is 1. The Labute approximate surface area is 168 Å². The van der Waals surface area contributed by atoms with Crippen molar-refractivity contribution in [1.82, 2.24) is 5.32 Å². The molecule has 0 aliphatic rings. The molecule has 1 N–H and O–H groups in total. The van der Waals surface area contributed by atoms with Gasteiger partial charge in [-0.2, -0.15) is 0 Å². The smallest absolute Gasteiger partial charge is 0.351 e. The molecule has 1 aromatic heterocycles. The van der Waals surface area contributed by atoms with Gasteiger partial charge in [-0.15, -0.1) is 0 Å². The second-order valence-corrected chi connectivity index (χ2v) is 6.79. The van der Waals surface area contributed by atoms with Crippen LogP contribution in [0.1, 0.15) is 42.1 Å². The van der Waals surface area contributed by atoms with Crippen LogP contribution in [0, 0.1) is 0 Å². The third-order valence-electron chi connectivity index (χ3n) is 4.80. The number of benzene rings is 2. The molecule has 6 heteroatoms. The van der Waals surface area contributed by atoms with Crippen LogP contribution in [0.25, 0.3) is 11.0 Å². The summed E-state index contributed by atoms with van der Waals surface area (Å²) in [5.74, 6) is -1.14. The fraction of sp³-hybridized carbons (Fsp3) is 0.261. The minimum Gasteiger partial charge on any atom is -0.449 e. The van der Waals surface area contributed by atoms with E-state index in [-0.39, 0.29) is 11.5 Å². The Hall–Kier alpha value is -3.41. The van der Waals surface area contributed by atoms with Crippen LogP contribution in [0.4, 0.5) is 0 Å². The van der Waals surface area contributed by atoms with E-state index in [0.29, 0.717) is 17.5 Å². The number of amides is 1. The van der Waals surface area contributed by atoms with E-state index in [4.69, 9.17) is 9.15 Å². The molecule has 0 aliphatic heterocycles. The molecule has 0 saturated heterocycles. The predicted molar refractivity (Wildman–Crippen MR) is 110 cm³/mol. The number of hydrogen-bond acceptors (Lipinski definition) is 5. The van der Waals surface area contributed by atoms with Crippen molar-refractivity contribution < 1.29 is 18.7 Å². The molecular weight excluding hydrogens is 370 g/mol. The molecule has 2 aromatic carbocycles. The van der Waals surface area contributed by atoms with Crippen molar-refractivity contribution in [3.05, 3.63) is 82.2 Å². The molecular formula is C23H23NO5. The van der Waals surface area contributed by atoms with Crippen molar-refractivity contribution in [2.75, 3.05) is 6.54 Å². The van der Waals surface area contributed by atoms with Gasteiger partial charge in [0.1, 0.15) is 11.1 Å². The van der Waals surface area contributed by atoms with Crippen molar-refractivity contribution in [2.24, 2.45) is 0 Å². The lowest BCUT2D eigenvalue weighted by Crippen LogP contribution is -2.38. The van der Waals surface area contributed by atoms with Gasteiger partial charge >= 0.3 is 11.6 Å². The van der Waals surface area contributed by atoms with E-state index in [1.807, 2.05) is 37.3 Å². The highest BCUT2D eigenvalue weighted by atomic mass is 16.5. The highest BCUT2D eigenvalue weighted by Crippen LogP contribution is 2.18. The SMILES string of the molecule is CC[C@@H](CNC(=O)[C@H](C)OC(=O)c1cc2ccccc2oc1=O)c1ccccc1. The highest BCUT2D eigenvalue weighted by Gasteiger charge is 2.22. The number of hydrogen-bond donors (Lipinski definition) is 1. The standard InChI is InChI=1S/C23H23NO5/c1-3-16(17-9-5-4-6-10-17)14-24-21(25)15(2)28-22(26)19-13-18-11-7-8-12-20(18)29-23(19)27/h4-13,15-16H,3,14H2,1-2H3,(H,24,25)/t15-,16-/m0/s1. The zero-order valence-corrected chi connectivity index (χ0v) is 16.4. The molecule has 0 spiro atoms. The maximum absolute atomic E-state index is 12.4. The Morgan fingerprint density at radius 2 is 1.76 bits per heavy atom. The van der Waals surface area contributed by atoms with Crippen LogP contribution < -0.4 is 10.9 Å². The van der Waals surface area contributed by atoms with Crippen LogP contribution in [-0.4, -0.2) is 24.5 Å². The minimum absolute atomic E-state index is 0.163. The van der Waals surface area contributed by atoms with E-state index in [2.05, 4.69) is 5.32 Å². The molecule has 0 bridgehead atoms. The largest absolute Gasteiger partial charge is 0.449 e. The minimum atomic E-state index is -1.04. The maximum atomic E-state index is 12.4. The molecule has 0 radical (unpaired) electrons. The number of fused-ring (bicyclic) bond motifs is 1. The van der Waals surface area contributed by atoms with Crippen molar-refractivity contribution in [3.63, 3.8) is 0 Å². The molecule has 29 heavy (non-hydrogen) atoms. The lowest BCUT2D eigenvalue weighted by molar-refractivity contribution is -0.129. The molecule has 0 fully saturated rings. The average molecular weight is 393 g/mol. The normalized spacial score (nSPS) is 12.9. The van der Waals surface area contributed by atoms with Crippen LogP contribution in [0.2, 0.25) is 0 Å². The van der Waals surface area contributed by atoms with E-state index in [1.165, 1.54) is 13.0 Å². The van der Waals surface area contributed by atoms with E-state index in [0.717, 1.165) is 12.0 Å². The summed E-state index contributed by atoms with van der Waals surface area (Å²) in [4.78, 5) is 36.8. The average Bonchev–Trinajstić information content (AvgIpc) is 2.74. The van der Waals surface area contributed by atoms with Crippen LogP contribution in [0.5, 0.6) is 0 Å². The van der Waals surface area contributed by atoms with Gasteiger partial charge in [-0.1, -0.05) is 55.5 Å². The number of para-hydroxylation sites is 1. The molecule has 0 unspecified atom stereocenters. The Balaban J connectivity index is 1.62. The van der Waals surface area contributed by atoms with E-state index < -0.39 is 23.6 Å².